The molecule has 3 rings (SSSR count). The lowest BCUT2D eigenvalue weighted by Gasteiger charge is -2.36. The van der Waals surface area contributed by atoms with Gasteiger partial charge in [-0.3, -0.25) is 0 Å². The van der Waals surface area contributed by atoms with Crippen molar-refractivity contribution in [2.45, 2.75) is 31.0 Å². The molecule has 8 heteroatoms. The van der Waals surface area contributed by atoms with Crippen LogP contribution in [0.15, 0.2) is 36.4 Å². The van der Waals surface area contributed by atoms with Crippen LogP contribution >= 0.6 is 0 Å². The molecule has 1 heterocycles. The van der Waals surface area contributed by atoms with E-state index in [4.69, 9.17) is 26.7 Å². The van der Waals surface area contributed by atoms with E-state index in [9.17, 15) is 15.3 Å². The Morgan fingerprint density at radius 1 is 1.04 bits per heavy atom. The maximum atomic E-state index is 10.2. The van der Waals surface area contributed by atoms with Crippen LogP contribution in [0.3, 0.4) is 0 Å². The third-order valence-corrected chi connectivity index (χ3v) is 4.50. The van der Waals surface area contributed by atoms with Gasteiger partial charge in [0.2, 0.25) is 6.29 Å². The molecule has 150 valence electrons. The highest BCUT2D eigenvalue weighted by Gasteiger charge is 2.38. The lowest BCUT2D eigenvalue weighted by Crippen LogP contribution is -2.51. The Morgan fingerprint density at radius 2 is 1.75 bits per heavy atom. The SMILES string of the molecule is Nc1ccc(/C=C/c2cc(N)cc(N)c2O[C@@H]2O[C@H](CO)C[C@H](O)[C@H]2O)cc1. The molecule has 2 aromatic rings. The second kappa shape index (κ2) is 8.49. The van der Waals surface area contributed by atoms with Crippen LogP contribution in [-0.2, 0) is 4.74 Å². The molecular weight excluding hydrogens is 362 g/mol. The molecule has 1 saturated heterocycles. The van der Waals surface area contributed by atoms with E-state index in [1.807, 2.05) is 18.2 Å². The zero-order valence-electron chi connectivity index (χ0n) is 15.2. The molecule has 8 nitrogen and oxygen atoms in total. The average molecular weight is 387 g/mol. The Kier molecular flexibility index (Phi) is 6.05. The minimum atomic E-state index is -1.28. The zero-order valence-corrected chi connectivity index (χ0v) is 15.2. The lowest BCUT2D eigenvalue weighted by molar-refractivity contribution is -0.240. The van der Waals surface area contributed by atoms with Crippen LogP contribution in [0.4, 0.5) is 17.1 Å². The van der Waals surface area contributed by atoms with Gasteiger partial charge in [-0.25, -0.2) is 0 Å². The molecule has 28 heavy (non-hydrogen) atoms. The first-order valence-corrected chi connectivity index (χ1v) is 8.89. The number of ether oxygens (including phenoxy) is 2. The fraction of sp³-hybridized carbons (Fsp3) is 0.300. The topological polar surface area (TPSA) is 157 Å². The number of anilines is 3. The standard InChI is InChI=1S/C20H25N3O5/c21-13-5-2-11(3-6-13)1-4-12-7-14(22)8-16(23)19(12)28-20-18(26)17(25)9-15(10-24)27-20/h1-8,15,17-18,20,24-26H,9-10,21-23H2/b4-1+/t15-,17-,18+,20-/m0/s1. The number of benzene rings is 2. The summed E-state index contributed by atoms with van der Waals surface area (Å²) in [5.74, 6) is 0.260. The van der Waals surface area contributed by atoms with E-state index in [0.717, 1.165) is 5.56 Å². The first kappa shape index (κ1) is 20.0. The number of aliphatic hydroxyl groups is 3. The zero-order chi connectivity index (χ0) is 20.3. The summed E-state index contributed by atoms with van der Waals surface area (Å²) >= 11 is 0. The van der Waals surface area contributed by atoms with E-state index in [1.54, 1.807) is 24.3 Å². The van der Waals surface area contributed by atoms with Gasteiger partial charge in [-0.15, -0.1) is 0 Å². The molecule has 0 aromatic heterocycles. The Bertz CT molecular complexity index is 840. The fourth-order valence-electron chi connectivity index (χ4n) is 3.00. The van der Waals surface area contributed by atoms with Gasteiger partial charge < -0.3 is 42.0 Å². The Labute approximate surface area is 162 Å². The Hall–Kier alpha value is -2.78. The normalized spacial score (nSPS) is 25.1. The number of nitrogen functional groups attached to an aromatic ring is 3. The van der Waals surface area contributed by atoms with Crippen molar-refractivity contribution in [2.24, 2.45) is 0 Å². The summed E-state index contributed by atoms with van der Waals surface area (Å²) in [6.07, 6.45) is -0.484. The number of aliphatic hydroxyl groups excluding tert-OH is 3. The third kappa shape index (κ3) is 4.55. The van der Waals surface area contributed by atoms with Crippen LogP contribution in [-0.4, -0.2) is 46.5 Å². The van der Waals surface area contributed by atoms with Crippen LogP contribution in [0.25, 0.3) is 12.2 Å². The van der Waals surface area contributed by atoms with Gasteiger partial charge in [-0.1, -0.05) is 24.3 Å². The van der Waals surface area contributed by atoms with Gasteiger partial charge in [0.1, 0.15) is 6.10 Å². The first-order chi connectivity index (χ1) is 13.4. The number of rotatable bonds is 5. The predicted octanol–water partition coefficient (Wildman–Crippen LogP) is 0.811. The van der Waals surface area contributed by atoms with E-state index >= 15 is 0 Å². The van der Waals surface area contributed by atoms with Gasteiger partial charge in [0, 0.05) is 23.4 Å². The second-order valence-electron chi connectivity index (χ2n) is 6.75. The number of hydrogen-bond donors (Lipinski definition) is 6. The molecule has 1 aliphatic rings. The van der Waals surface area contributed by atoms with Crippen LogP contribution < -0.4 is 21.9 Å². The van der Waals surface area contributed by atoms with Crippen molar-refractivity contribution in [1.29, 1.82) is 0 Å². The maximum Gasteiger partial charge on any atom is 0.229 e. The highest BCUT2D eigenvalue weighted by molar-refractivity contribution is 5.79. The summed E-state index contributed by atoms with van der Waals surface area (Å²) in [7, 11) is 0. The number of hydrogen-bond acceptors (Lipinski definition) is 8. The van der Waals surface area contributed by atoms with Crippen LogP contribution in [0.2, 0.25) is 0 Å². The quantitative estimate of drug-likeness (QED) is 0.325. The van der Waals surface area contributed by atoms with Crippen molar-refractivity contribution in [2.75, 3.05) is 23.8 Å². The summed E-state index contributed by atoms with van der Waals surface area (Å²) in [4.78, 5) is 0. The summed E-state index contributed by atoms with van der Waals surface area (Å²) in [6.45, 7) is -0.301. The summed E-state index contributed by atoms with van der Waals surface area (Å²) in [5, 5.41) is 29.5. The lowest BCUT2D eigenvalue weighted by atomic mass is 10.0. The van der Waals surface area contributed by atoms with Crippen molar-refractivity contribution in [3.05, 3.63) is 47.5 Å². The molecule has 0 saturated carbocycles. The van der Waals surface area contributed by atoms with Gasteiger partial charge >= 0.3 is 0 Å². The molecule has 0 bridgehead atoms. The van der Waals surface area contributed by atoms with Crippen molar-refractivity contribution < 1.29 is 24.8 Å². The first-order valence-electron chi connectivity index (χ1n) is 8.89. The third-order valence-electron chi connectivity index (χ3n) is 4.50. The molecular formula is C20H25N3O5. The summed E-state index contributed by atoms with van der Waals surface area (Å²) in [6, 6.07) is 10.5. The maximum absolute atomic E-state index is 10.2. The van der Waals surface area contributed by atoms with Crippen LogP contribution in [0.5, 0.6) is 5.75 Å². The largest absolute Gasteiger partial charge is 0.459 e. The van der Waals surface area contributed by atoms with E-state index in [-0.39, 0.29) is 24.5 Å². The molecule has 0 amide bonds. The highest BCUT2D eigenvalue weighted by Crippen LogP contribution is 2.34. The molecule has 1 aliphatic heterocycles. The van der Waals surface area contributed by atoms with E-state index in [2.05, 4.69) is 0 Å². The van der Waals surface area contributed by atoms with Crippen molar-refractivity contribution in [1.82, 2.24) is 0 Å². The Balaban J connectivity index is 1.89. The molecule has 0 aliphatic carbocycles. The summed E-state index contributed by atoms with van der Waals surface area (Å²) in [5.41, 5.74) is 20.5. The molecule has 2 aromatic carbocycles. The molecule has 4 atom stereocenters. The monoisotopic (exact) mass is 387 g/mol. The van der Waals surface area contributed by atoms with Crippen molar-refractivity contribution >= 4 is 29.2 Å². The smallest absolute Gasteiger partial charge is 0.229 e. The molecule has 0 spiro atoms. The van der Waals surface area contributed by atoms with Crippen LogP contribution in [0.1, 0.15) is 17.5 Å². The average Bonchev–Trinajstić information content (AvgIpc) is 2.66. The molecule has 1 fully saturated rings. The molecule has 9 N–H and O–H groups in total. The van der Waals surface area contributed by atoms with Crippen molar-refractivity contribution in [3.63, 3.8) is 0 Å². The second-order valence-corrected chi connectivity index (χ2v) is 6.75. The minimum Gasteiger partial charge on any atom is -0.459 e. The molecule has 0 radical (unpaired) electrons. The van der Waals surface area contributed by atoms with E-state index < -0.39 is 24.6 Å². The minimum absolute atomic E-state index is 0.110. The highest BCUT2D eigenvalue weighted by atomic mass is 16.7. The summed E-state index contributed by atoms with van der Waals surface area (Å²) < 4.78 is 11.3. The van der Waals surface area contributed by atoms with Gasteiger partial charge in [0.15, 0.2) is 5.75 Å². The molecule has 0 unspecified atom stereocenters. The van der Waals surface area contributed by atoms with Gasteiger partial charge in [-0.2, -0.15) is 0 Å². The van der Waals surface area contributed by atoms with E-state index in [1.165, 1.54) is 6.07 Å². The van der Waals surface area contributed by atoms with E-state index in [0.29, 0.717) is 16.9 Å². The number of nitrogens with two attached hydrogens (primary N) is 3. The van der Waals surface area contributed by atoms with Gasteiger partial charge in [-0.05, 0) is 29.8 Å². The fourth-order valence-corrected chi connectivity index (χ4v) is 3.00. The van der Waals surface area contributed by atoms with Crippen molar-refractivity contribution in [3.8, 4) is 5.75 Å². The van der Waals surface area contributed by atoms with Gasteiger partial charge in [0.25, 0.3) is 0 Å². The van der Waals surface area contributed by atoms with Crippen LogP contribution in [0, 0.1) is 0 Å². The Morgan fingerprint density at radius 3 is 2.43 bits per heavy atom. The van der Waals surface area contributed by atoms with Gasteiger partial charge in [0.05, 0.1) is 24.5 Å². The predicted molar refractivity (Wildman–Crippen MR) is 108 cm³/mol.